The fourth-order valence-corrected chi connectivity index (χ4v) is 3.05. The maximum Gasteiger partial charge on any atom is 0.416 e. The monoisotopic (exact) mass is 395 g/mol. The summed E-state index contributed by atoms with van der Waals surface area (Å²) in [7, 11) is 0. The Morgan fingerprint density at radius 2 is 1.82 bits per heavy atom. The number of alkyl halides is 3. The van der Waals surface area contributed by atoms with Crippen LogP contribution >= 0.6 is 0 Å². The number of ether oxygens (including phenoxy) is 1. The van der Waals surface area contributed by atoms with Crippen molar-refractivity contribution in [2.75, 3.05) is 13.1 Å². The third-order valence-corrected chi connectivity index (χ3v) is 4.55. The van der Waals surface area contributed by atoms with Gasteiger partial charge in [0.05, 0.1) is 5.56 Å². The maximum absolute atomic E-state index is 13.9. The molecule has 8 heteroatoms. The first kappa shape index (κ1) is 19.9. The van der Waals surface area contributed by atoms with Gasteiger partial charge in [0.2, 0.25) is 0 Å². The molecule has 0 saturated carbocycles. The number of carbonyl (C=O) groups excluding carboxylic acids is 2. The van der Waals surface area contributed by atoms with Crippen LogP contribution in [0.4, 0.5) is 17.6 Å². The standard InChI is InChI=1S/C20H17F4NO3/c21-17-10-13(12-26)4-5-18(17)28-16-6-8-25(9-7-16)19(27)14-2-1-3-15(11-14)20(22,23)24/h1-5,10-12,16H,6-9H2. The Morgan fingerprint density at radius 1 is 1.11 bits per heavy atom. The van der Waals surface area contributed by atoms with Crippen molar-refractivity contribution in [1.82, 2.24) is 4.90 Å². The van der Waals surface area contributed by atoms with Gasteiger partial charge in [-0.1, -0.05) is 6.07 Å². The van der Waals surface area contributed by atoms with Crippen LogP contribution in [-0.2, 0) is 6.18 Å². The zero-order valence-corrected chi connectivity index (χ0v) is 14.7. The van der Waals surface area contributed by atoms with Gasteiger partial charge in [-0.15, -0.1) is 0 Å². The van der Waals surface area contributed by atoms with Crippen LogP contribution in [0.5, 0.6) is 5.75 Å². The molecule has 1 saturated heterocycles. The summed E-state index contributed by atoms with van der Waals surface area (Å²) in [5.41, 5.74) is -0.693. The SMILES string of the molecule is O=Cc1ccc(OC2CCN(C(=O)c3cccc(C(F)(F)F)c3)CC2)c(F)c1. The number of likely N-dealkylation sites (tertiary alicyclic amines) is 1. The van der Waals surface area contributed by atoms with E-state index >= 15 is 0 Å². The molecule has 1 aliphatic heterocycles. The van der Waals surface area contributed by atoms with Crippen molar-refractivity contribution in [3.63, 3.8) is 0 Å². The highest BCUT2D eigenvalue weighted by atomic mass is 19.4. The predicted molar refractivity (Wildman–Crippen MR) is 92.8 cm³/mol. The average Bonchev–Trinajstić information content (AvgIpc) is 2.69. The van der Waals surface area contributed by atoms with Crippen molar-refractivity contribution < 1.29 is 31.9 Å². The summed E-state index contributed by atoms with van der Waals surface area (Å²) in [4.78, 5) is 24.6. The van der Waals surface area contributed by atoms with Gasteiger partial charge < -0.3 is 9.64 Å². The third kappa shape index (κ3) is 4.49. The van der Waals surface area contributed by atoms with E-state index in [1.807, 2.05) is 0 Å². The van der Waals surface area contributed by atoms with Gasteiger partial charge in [0.25, 0.3) is 5.91 Å². The summed E-state index contributed by atoms with van der Waals surface area (Å²) in [6.45, 7) is 0.571. The van der Waals surface area contributed by atoms with E-state index in [0.717, 1.165) is 18.2 Å². The number of piperidine rings is 1. The molecule has 1 amide bonds. The van der Waals surface area contributed by atoms with E-state index in [0.29, 0.717) is 19.1 Å². The maximum atomic E-state index is 13.9. The molecule has 0 aliphatic carbocycles. The highest BCUT2D eigenvalue weighted by molar-refractivity contribution is 5.94. The lowest BCUT2D eigenvalue weighted by molar-refractivity contribution is -0.137. The van der Waals surface area contributed by atoms with Crippen molar-refractivity contribution in [3.05, 3.63) is 65.0 Å². The van der Waals surface area contributed by atoms with Gasteiger partial charge in [0.1, 0.15) is 12.4 Å². The van der Waals surface area contributed by atoms with Gasteiger partial charge in [0.15, 0.2) is 11.6 Å². The lowest BCUT2D eigenvalue weighted by Crippen LogP contribution is -2.41. The molecule has 0 N–H and O–H groups in total. The number of aldehydes is 1. The van der Waals surface area contributed by atoms with E-state index in [2.05, 4.69) is 0 Å². The first-order valence-electron chi connectivity index (χ1n) is 8.66. The first-order chi connectivity index (χ1) is 13.3. The summed E-state index contributed by atoms with van der Waals surface area (Å²) in [5, 5.41) is 0. The van der Waals surface area contributed by atoms with Crippen LogP contribution in [-0.4, -0.2) is 36.3 Å². The Hall–Kier alpha value is -2.90. The smallest absolute Gasteiger partial charge is 0.416 e. The second-order valence-corrected chi connectivity index (χ2v) is 6.50. The van der Waals surface area contributed by atoms with Gasteiger partial charge in [0, 0.05) is 37.1 Å². The molecular formula is C20H17F4NO3. The third-order valence-electron chi connectivity index (χ3n) is 4.55. The van der Waals surface area contributed by atoms with Crippen LogP contribution in [0, 0.1) is 5.82 Å². The Bertz CT molecular complexity index is 874. The molecule has 0 aromatic heterocycles. The Morgan fingerprint density at radius 3 is 2.43 bits per heavy atom. The number of benzene rings is 2. The number of amides is 1. The molecule has 0 bridgehead atoms. The van der Waals surface area contributed by atoms with Crippen LogP contribution < -0.4 is 4.74 Å². The summed E-state index contributed by atoms with van der Waals surface area (Å²) in [6.07, 6.45) is -3.48. The van der Waals surface area contributed by atoms with E-state index < -0.39 is 23.5 Å². The van der Waals surface area contributed by atoms with Gasteiger partial charge in [-0.05, 0) is 36.4 Å². The average molecular weight is 395 g/mol. The predicted octanol–water partition coefficient (Wildman–Crippen LogP) is 4.34. The molecule has 0 atom stereocenters. The number of hydrogen-bond donors (Lipinski definition) is 0. The minimum atomic E-state index is -4.51. The molecule has 4 nitrogen and oxygen atoms in total. The Balaban J connectivity index is 1.61. The molecule has 1 heterocycles. The normalized spacial score (nSPS) is 15.4. The second kappa shape index (κ2) is 8.00. The minimum Gasteiger partial charge on any atom is -0.487 e. The van der Waals surface area contributed by atoms with Gasteiger partial charge in [-0.3, -0.25) is 9.59 Å². The molecule has 28 heavy (non-hydrogen) atoms. The molecule has 1 aliphatic rings. The highest BCUT2D eigenvalue weighted by Crippen LogP contribution is 2.30. The van der Waals surface area contributed by atoms with Gasteiger partial charge in [-0.2, -0.15) is 13.2 Å². The summed E-state index contributed by atoms with van der Waals surface area (Å²) in [6, 6.07) is 8.21. The van der Waals surface area contributed by atoms with E-state index in [4.69, 9.17) is 4.74 Å². The molecule has 3 rings (SSSR count). The largest absolute Gasteiger partial charge is 0.487 e. The number of nitrogens with zero attached hydrogens (tertiary/aromatic N) is 1. The molecule has 1 fully saturated rings. The number of hydrogen-bond acceptors (Lipinski definition) is 3. The molecule has 0 spiro atoms. The van der Waals surface area contributed by atoms with Crippen LogP contribution in [0.2, 0.25) is 0 Å². The number of carbonyl (C=O) groups is 2. The van der Waals surface area contributed by atoms with E-state index in [1.54, 1.807) is 0 Å². The lowest BCUT2D eigenvalue weighted by atomic mass is 10.0. The van der Waals surface area contributed by atoms with Crippen molar-refractivity contribution in [3.8, 4) is 5.75 Å². The van der Waals surface area contributed by atoms with Crippen molar-refractivity contribution >= 4 is 12.2 Å². The van der Waals surface area contributed by atoms with Crippen molar-refractivity contribution in [2.45, 2.75) is 25.1 Å². The molecule has 148 valence electrons. The van der Waals surface area contributed by atoms with E-state index in [9.17, 15) is 27.2 Å². The van der Waals surface area contributed by atoms with E-state index in [-0.39, 0.29) is 36.1 Å². The zero-order chi connectivity index (χ0) is 20.3. The molecule has 2 aromatic carbocycles. The molecule has 0 radical (unpaired) electrons. The van der Waals surface area contributed by atoms with Gasteiger partial charge >= 0.3 is 6.18 Å². The van der Waals surface area contributed by atoms with Crippen LogP contribution in [0.25, 0.3) is 0 Å². The highest BCUT2D eigenvalue weighted by Gasteiger charge is 2.32. The quantitative estimate of drug-likeness (QED) is 0.572. The van der Waals surface area contributed by atoms with Crippen LogP contribution in [0.15, 0.2) is 42.5 Å². The minimum absolute atomic E-state index is 0.0215. The topological polar surface area (TPSA) is 46.6 Å². The Kier molecular flexibility index (Phi) is 5.67. The second-order valence-electron chi connectivity index (χ2n) is 6.50. The summed E-state index contributed by atoms with van der Waals surface area (Å²) in [5.74, 6) is -1.11. The molecule has 0 unspecified atom stereocenters. The van der Waals surface area contributed by atoms with Crippen molar-refractivity contribution in [1.29, 1.82) is 0 Å². The molecule has 2 aromatic rings. The van der Waals surface area contributed by atoms with E-state index in [1.165, 1.54) is 29.2 Å². The first-order valence-corrected chi connectivity index (χ1v) is 8.66. The lowest BCUT2D eigenvalue weighted by Gasteiger charge is -2.32. The zero-order valence-electron chi connectivity index (χ0n) is 14.7. The summed E-state index contributed by atoms with van der Waals surface area (Å²) >= 11 is 0. The number of halogens is 4. The molecular weight excluding hydrogens is 378 g/mol. The number of rotatable bonds is 4. The van der Waals surface area contributed by atoms with Crippen molar-refractivity contribution in [2.24, 2.45) is 0 Å². The fourth-order valence-electron chi connectivity index (χ4n) is 3.05. The van der Waals surface area contributed by atoms with Crippen LogP contribution in [0.1, 0.15) is 39.1 Å². The van der Waals surface area contributed by atoms with Crippen LogP contribution in [0.3, 0.4) is 0 Å². The van der Waals surface area contributed by atoms with Gasteiger partial charge in [-0.25, -0.2) is 4.39 Å². The summed E-state index contributed by atoms with van der Waals surface area (Å²) < 4.78 is 58.0. The fraction of sp³-hybridized carbons (Fsp3) is 0.300. The Labute approximate surface area is 158 Å².